The first kappa shape index (κ1) is 25.6. The van der Waals surface area contributed by atoms with Gasteiger partial charge in [0.15, 0.2) is 0 Å². The molecule has 1 unspecified atom stereocenters. The lowest BCUT2D eigenvalue weighted by molar-refractivity contribution is -0.385. The number of carbonyl (C=O) groups is 1. The monoisotopic (exact) mass is 462 g/mol. The van der Waals surface area contributed by atoms with Crippen molar-refractivity contribution in [1.29, 1.82) is 0 Å². The molecule has 0 aromatic carbocycles. The average molecular weight is 462 g/mol. The van der Waals surface area contributed by atoms with Crippen LogP contribution < -0.4 is 9.64 Å². The van der Waals surface area contributed by atoms with Crippen molar-refractivity contribution in [2.45, 2.75) is 58.5 Å². The van der Waals surface area contributed by atoms with Gasteiger partial charge in [0.25, 0.3) is 5.88 Å². The number of rotatable bonds is 11. The predicted octanol–water partition coefficient (Wildman–Crippen LogP) is 4.30. The summed E-state index contributed by atoms with van der Waals surface area (Å²) >= 11 is 0. The summed E-state index contributed by atoms with van der Waals surface area (Å²) in [6.45, 7) is 4.32. The van der Waals surface area contributed by atoms with Crippen LogP contribution in [-0.2, 0) is 9.53 Å². The number of piperidine rings is 1. The Bertz CT molecular complexity index is 770. The van der Waals surface area contributed by atoms with Gasteiger partial charge in [0.1, 0.15) is 6.33 Å². The summed E-state index contributed by atoms with van der Waals surface area (Å²) < 4.78 is 49.5. The second-order valence-corrected chi connectivity index (χ2v) is 7.64. The summed E-state index contributed by atoms with van der Waals surface area (Å²) in [7, 11) is 0. The van der Waals surface area contributed by atoms with Crippen LogP contribution in [0.15, 0.2) is 6.33 Å². The third kappa shape index (κ3) is 6.92. The van der Waals surface area contributed by atoms with Gasteiger partial charge < -0.3 is 14.4 Å². The van der Waals surface area contributed by atoms with E-state index in [1.807, 2.05) is 0 Å². The number of ether oxygens (including phenoxy) is 2. The number of nitro groups is 1. The first-order valence-electron chi connectivity index (χ1n) is 10.8. The highest BCUT2D eigenvalue weighted by atomic mass is 19.4. The molecule has 0 spiro atoms. The molecule has 0 saturated carbocycles. The SMILES string of the molecule is CCCC(CCCOc1ncnc(N2CCC(C(=O)OCC)CC2)c1[N+](=O)[O-])C(F)(F)F. The van der Waals surface area contributed by atoms with Crippen LogP contribution in [0.2, 0.25) is 0 Å². The van der Waals surface area contributed by atoms with Gasteiger partial charge in [0.05, 0.1) is 30.0 Å². The van der Waals surface area contributed by atoms with E-state index in [9.17, 15) is 28.1 Å². The van der Waals surface area contributed by atoms with Gasteiger partial charge in [0.2, 0.25) is 5.82 Å². The molecule has 1 aromatic heterocycles. The van der Waals surface area contributed by atoms with Crippen LogP contribution in [0.4, 0.5) is 24.7 Å². The van der Waals surface area contributed by atoms with Crippen molar-refractivity contribution in [3.05, 3.63) is 16.4 Å². The minimum Gasteiger partial charge on any atom is -0.473 e. The van der Waals surface area contributed by atoms with Crippen LogP contribution in [0.3, 0.4) is 0 Å². The smallest absolute Gasteiger partial charge is 0.391 e. The van der Waals surface area contributed by atoms with Crippen LogP contribution in [0.1, 0.15) is 52.4 Å². The summed E-state index contributed by atoms with van der Waals surface area (Å²) in [5.41, 5.74) is -0.428. The number of anilines is 1. The van der Waals surface area contributed by atoms with Gasteiger partial charge >= 0.3 is 17.8 Å². The highest BCUT2D eigenvalue weighted by molar-refractivity contribution is 5.73. The lowest BCUT2D eigenvalue weighted by Crippen LogP contribution is -2.37. The van der Waals surface area contributed by atoms with E-state index in [0.717, 1.165) is 6.33 Å². The summed E-state index contributed by atoms with van der Waals surface area (Å²) in [4.78, 5) is 32.5. The van der Waals surface area contributed by atoms with Gasteiger partial charge in [-0.25, -0.2) is 4.98 Å². The van der Waals surface area contributed by atoms with Gasteiger partial charge in [-0.15, -0.1) is 0 Å². The summed E-state index contributed by atoms with van der Waals surface area (Å²) in [6, 6.07) is 0. The fraction of sp³-hybridized carbons (Fsp3) is 0.750. The number of hydrogen-bond acceptors (Lipinski definition) is 8. The Morgan fingerprint density at radius 3 is 2.53 bits per heavy atom. The van der Waals surface area contributed by atoms with Gasteiger partial charge in [-0.3, -0.25) is 14.9 Å². The van der Waals surface area contributed by atoms with Gasteiger partial charge in [0, 0.05) is 13.1 Å². The van der Waals surface area contributed by atoms with Crippen molar-refractivity contribution >= 4 is 17.5 Å². The summed E-state index contributed by atoms with van der Waals surface area (Å²) in [6.07, 6.45) is -1.80. The van der Waals surface area contributed by atoms with Gasteiger partial charge in [-0.2, -0.15) is 18.2 Å². The number of hydrogen-bond donors (Lipinski definition) is 0. The standard InChI is InChI=1S/C20H29F3N4O5/c1-3-6-15(20(21,22)23)7-5-12-32-18-16(27(29)30)17(24-13-25-18)26-10-8-14(9-11-26)19(28)31-4-2/h13-15H,3-12H2,1-2H3. The molecule has 2 rings (SSSR count). The molecule has 1 aromatic rings. The highest BCUT2D eigenvalue weighted by Crippen LogP contribution is 2.36. The molecular formula is C20H29F3N4O5. The molecule has 0 radical (unpaired) electrons. The quantitative estimate of drug-likeness (QED) is 0.207. The molecule has 0 bridgehead atoms. The van der Waals surface area contributed by atoms with E-state index in [1.54, 1.807) is 18.7 Å². The molecule has 0 amide bonds. The summed E-state index contributed by atoms with van der Waals surface area (Å²) in [5.74, 6) is -2.18. The van der Waals surface area contributed by atoms with Gasteiger partial charge in [-0.1, -0.05) is 13.3 Å². The van der Waals surface area contributed by atoms with Crippen molar-refractivity contribution in [3.8, 4) is 5.88 Å². The van der Waals surface area contributed by atoms with E-state index in [4.69, 9.17) is 9.47 Å². The third-order valence-corrected chi connectivity index (χ3v) is 5.40. The van der Waals surface area contributed by atoms with Crippen LogP contribution in [0.5, 0.6) is 5.88 Å². The minimum atomic E-state index is -4.28. The van der Waals surface area contributed by atoms with Crippen LogP contribution in [-0.4, -0.2) is 53.3 Å². The van der Waals surface area contributed by atoms with E-state index < -0.39 is 22.7 Å². The number of alkyl halides is 3. The molecule has 32 heavy (non-hydrogen) atoms. The molecule has 1 fully saturated rings. The molecular weight excluding hydrogens is 433 g/mol. The molecule has 1 aliphatic heterocycles. The number of esters is 1. The predicted molar refractivity (Wildman–Crippen MR) is 109 cm³/mol. The van der Waals surface area contributed by atoms with Crippen LogP contribution >= 0.6 is 0 Å². The van der Waals surface area contributed by atoms with E-state index in [1.165, 1.54) is 0 Å². The Morgan fingerprint density at radius 1 is 1.28 bits per heavy atom. The van der Waals surface area contributed by atoms with Crippen LogP contribution in [0.25, 0.3) is 0 Å². The molecule has 9 nitrogen and oxygen atoms in total. The highest BCUT2D eigenvalue weighted by Gasteiger charge is 2.38. The second-order valence-electron chi connectivity index (χ2n) is 7.64. The molecule has 0 aliphatic carbocycles. The van der Waals surface area contributed by atoms with Crippen molar-refractivity contribution < 1.29 is 32.4 Å². The molecule has 12 heteroatoms. The van der Waals surface area contributed by atoms with Gasteiger partial charge in [-0.05, 0) is 39.0 Å². The molecule has 1 atom stereocenters. The molecule has 1 aliphatic rings. The first-order valence-corrected chi connectivity index (χ1v) is 10.8. The number of carbonyl (C=O) groups excluding carboxylic acids is 1. The zero-order valence-corrected chi connectivity index (χ0v) is 18.3. The third-order valence-electron chi connectivity index (χ3n) is 5.40. The fourth-order valence-electron chi connectivity index (χ4n) is 3.76. The Labute approximate surface area is 184 Å². The maximum absolute atomic E-state index is 13.0. The lowest BCUT2D eigenvalue weighted by Gasteiger charge is -2.31. The summed E-state index contributed by atoms with van der Waals surface area (Å²) in [5, 5.41) is 11.7. The Morgan fingerprint density at radius 2 is 1.97 bits per heavy atom. The molecule has 0 N–H and O–H groups in total. The second kappa shape index (κ2) is 11.8. The van der Waals surface area contributed by atoms with E-state index in [0.29, 0.717) is 39.0 Å². The maximum Gasteiger partial charge on any atom is 0.391 e. The minimum absolute atomic E-state index is 0.0308. The zero-order valence-electron chi connectivity index (χ0n) is 18.3. The van der Waals surface area contributed by atoms with Crippen molar-refractivity contribution in [2.75, 3.05) is 31.2 Å². The van der Waals surface area contributed by atoms with E-state index >= 15 is 0 Å². The normalized spacial score (nSPS) is 16.0. The topological polar surface area (TPSA) is 108 Å². The largest absolute Gasteiger partial charge is 0.473 e. The fourth-order valence-corrected chi connectivity index (χ4v) is 3.76. The Balaban J connectivity index is 2.03. The number of aromatic nitrogens is 2. The lowest BCUT2D eigenvalue weighted by atomic mass is 9.97. The number of halogens is 3. The Kier molecular flexibility index (Phi) is 9.45. The van der Waals surface area contributed by atoms with Crippen molar-refractivity contribution in [1.82, 2.24) is 9.97 Å². The molecule has 2 heterocycles. The average Bonchev–Trinajstić information content (AvgIpc) is 2.75. The maximum atomic E-state index is 13.0. The van der Waals surface area contributed by atoms with Crippen molar-refractivity contribution in [3.63, 3.8) is 0 Å². The van der Waals surface area contributed by atoms with Crippen molar-refractivity contribution in [2.24, 2.45) is 11.8 Å². The molecule has 1 saturated heterocycles. The van der Waals surface area contributed by atoms with E-state index in [2.05, 4.69) is 9.97 Å². The zero-order chi connectivity index (χ0) is 23.7. The first-order chi connectivity index (χ1) is 15.2. The van der Waals surface area contributed by atoms with Crippen LogP contribution in [0, 0.1) is 22.0 Å². The molecule has 180 valence electrons. The Hall–Kier alpha value is -2.66. The number of nitrogens with zero attached hydrogens (tertiary/aromatic N) is 4. The van der Waals surface area contributed by atoms with E-state index in [-0.39, 0.29) is 49.5 Å².